The van der Waals surface area contributed by atoms with E-state index in [0.717, 1.165) is 6.07 Å². The first kappa shape index (κ1) is 17.5. The molecule has 0 spiro atoms. The molecule has 2 aromatic heterocycles. The Morgan fingerprint density at radius 2 is 2.00 bits per heavy atom. The lowest BCUT2D eigenvalue weighted by molar-refractivity contribution is -0.141. The number of amides is 1. The van der Waals surface area contributed by atoms with E-state index in [1.54, 1.807) is 11.0 Å². The molecule has 1 saturated heterocycles. The Kier molecular flexibility index (Phi) is 5.13. The molecule has 1 fully saturated rings. The van der Waals surface area contributed by atoms with Crippen LogP contribution in [0.3, 0.4) is 0 Å². The van der Waals surface area contributed by atoms with Crippen molar-refractivity contribution < 1.29 is 18.0 Å². The molecule has 3 rings (SSSR count). The van der Waals surface area contributed by atoms with Crippen LogP contribution >= 0.6 is 11.3 Å². The van der Waals surface area contributed by atoms with Crippen molar-refractivity contribution >= 4 is 28.2 Å². The van der Waals surface area contributed by atoms with Gasteiger partial charge in [0.25, 0.3) is 0 Å². The highest BCUT2D eigenvalue weighted by molar-refractivity contribution is 7.13. The molecule has 2 aromatic rings. The molecule has 1 amide bonds. The van der Waals surface area contributed by atoms with Gasteiger partial charge in [-0.05, 0) is 12.1 Å². The minimum atomic E-state index is -4.46. The highest BCUT2D eigenvalue weighted by atomic mass is 32.1. The van der Waals surface area contributed by atoms with Crippen molar-refractivity contribution in [1.29, 1.82) is 0 Å². The summed E-state index contributed by atoms with van der Waals surface area (Å²) in [5.74, 6) is 0.107. The summed E-state index contributed by atoms with van der Waals surface area (Å²) in [6.45, 7) is 2.31. The van der Waals surface area contributed by atoms with Gasteiger partial charge in [0.2, 0.25) is 11.0 Å². The quantitative estimate of drug-likeness (QED) is 0.881. The van der Waals surface area contributed by atoms with Gasteiger partial charge in [-0.25, -0.2) is 4.98 Å². The maximum atomic E-state index is 12.8. The molecule has 0 bridgehead atoms. The Bertz CT molecular complexity index is 716. The number of alkyl halides is 3. The van der Waals surface area contributed by atoms with Crippen LogP contribution in [0, 0.1) is 0 Å². The summed E-state index contributed by atoms with van der Waals surface area (Å²) >= 11 is 1.23. The number of halogens is 3. The van der Waals surface area contributed by atoms with Crippen LogP contribution in [-0.2, 0) is 11.0 Å². The summed E-state index contributed by atoms with van der Waals surface area (Å²) in [4.78, 5) is 19.3. The molecular formula is C14H15F3N6OS. The van der Waals surface area contributed by atoms with Crippen molar-refractivity contribution in [3.05, 3.63) is 29.4 Å². The number of nitrogens with one attached hydrogen (secondary N) is 1. The lowest BCUT2D eigenvalue weighted by Gasteiger charge is -2.35. The van der Waals surface area contributed by atoms with Gasteiger partial charge in [0, 0.05) is 26.2 Å². The first-order valence-corrected chi connectivity index (χ1v) is 8.37. The predicted molar refractivity (Wildman–Crippen MR) is 86.4 cm³/mol. The van der Waals surface area contributed by atoms with Gasteiger partial charge < -0.3 is 4.90 Å². The number of anilines is 2. The predicted octanol–water partition coefficient (Wildman–Crippen LogP) is 1.71. The van der Waals surface area contributed by atoms with E-state index in [2.05, 4.69) is 20.5 Å². The first-order chi connectivity index (χ1) is 11.9. The first-order valence-electron chi connectivity index (χ1n) is 7.49. The molecule has 1 N–H and O–H groups in total. The molecule has 134 valence electrons. The molecule has 0 aromatic carbocycles. The van der Waals surface area contributed by atoms with Gasteiger partial charge in [0.05, 0.1) is 6.54 Å². The molecule has 1 aliphatic heterocycles. The van der Waals surface area contributed by atoms with E-state index in [1.807, 2.05) is 4.90 Å². The Labute approximate surface area is 145 Å². The Balaban J connectivity index is 1.52. The summed E-state index contributed by atoms with van der Waals surface area (Å²) in [7, 11) is 0. The number of hydrogen-bond acceptors (Lipinski definition) is 7. The largest absolute Gasteiger partial charge is 0.433 e. The summed E-state index contributed by atoms with van der Waals surface area (Å²) in [5.41, 5.74) is 0.625. The van der Waals surface area contributed by atoms with Crippen LogP contribution in [0.2, 0.25) is 0 Å². The van der Waals surface area contributed by atoms with Gasteiger partial charge in [0.15, 0.2) is 0 Å². The van der Waals surface area contributed by atoms with Crippen molar-refractivity contribution in [3.8, 4) is 0 Å². The van der Waals surface area contributed by atoms with Crippen molar-refractivity contribution in [3.63, 3.8) is 0 Å². The number of carbonyl (C=O) groups excluding carboxylic acids is 1. The van der Waals surface area contributed by atoms with E-state index in [4.69, 9.17) is 0 Å². The maximum absolute atomic E-state index is 12.8. The minimum Gasteiger partial charge on any atom is -0.354 e. The maximum Gasteiger partial charge on any atom is 0.433 e. The fourth-order valence-corrected chi connectivity index (χ4v) is 2.94. The fourth-order valence-electron chi connectivity index (χ4n) is 2.48. The molecule has 11 heteroatoms. The van der Waals surface area contributed by atoms with Crippen LogP contribution in [0.5, 0.6) is 0 Å². The smallest absolute Gasteiger partial charge is 0.354 e. The Morgan fingerprint density at radius 3 is 2.64 bits per heavy atom. The average Bonchev–Trinajstić information content (AvgIpc) is 3.08. The fraction of sp³-hybridized carbons (Fsp3) is 0.429. The molecule has 1 aliphatic rings. The summed E-state index contributed by atoms with van der Waals surface area (Å²) < 4.78 is 38.3. The third-order valence-electron chi connectivity index (χ3n) is 3.69. The van der Waals surface area contributed by atoms with Gasteiger partial charge >= 0.3 is 6.18 Å². The third kappa shape index (κ3) is 4.63. The van der Waals surface area contributed by atoms with Crippen LogP contribution in [0.15, 0.2) is 23.7 Å². The summed E-state index contributed by atoms with van der Waals surface area (Å²) in [6, 6.07) is 3.87. The van der Waals surface area contributed by atoms with Crippen LogP contribution in [0.4, 0.5) is 24.1 Å². The van der Waals surface area contributed by atoms with E-state index in [0.29, 0.717) is 37.1 Å². The van der Waals surface area contributed by atoms with Crippen LogP contribution in [0.1, 0.15) is 5.69 Å². The lowest BCUT2D eigenvalue weighted by atomic mass is 10.2. The molecule has 0 saturated carbocycles. The summed E-state index contributed by atoms with van der Waals surface area (Å²) in [5, 5.41) is 10.5. The van der Waals surface area contributed by atoms with Crippen LogP contribution in [0.25, 0.3) is 0 Å². The number of carbonyl (C=O) groups is 1. The molecule has 0 unspecified atom stereocenters. The van der Waals surface area contributed by atoms with Gasteiger partial charge in [-0.1, -0.05) is 17.4 Å². The Morgan fingerprint density at radius 1 is 1.24 bits per heavy atom. The van der Waals surface area contributed by atoms with E-state index in [1.165, 1.54) is 22.9 Å². The second-order valence-corrected chi connectivity index (χ2v) is 6.27. The van der Waals surface area contributed by atoms with Crippen molar-refractivity contribution in [1.82, 2.24) is 20.1 Å². The third-order valence-corrected chi connectivity index (χ3v) is 4.30. The van der Waals surface area contributed by atoms with E-state index < -0.39 is 11.9 Å². The van der Waals surface area contributed by atoms with E-state index in [-0.39, 0.29) is 12.5 Å². The molecule has 3 heterocycles. The number of rotatable bonds is 4. The lowest BCUT2D eigenvalue weighted by Crippen LogP contribution is -2.49. The molecule has 0 radical (unpaired) electrons. The summed E-state index contributed by atoms with van der Waals surface area (Å²) in [6.07, 6.45) is -4.46. The highest BCUT2D eigenvalue weighted by Gasteiger charge is 2.33. The monoisotopic (exact) mass is 372 g/mol. The zero-order chi connectivity index (χ0) is 17.9. The zero-order valence-electron chi connectivity index (χ0n) is 13.0. The van der Waals surface area contributed by atoms with Gasteiger partial charge in [-0.15, -0.1) is 10.2 Å². The molecule has 25 heavy (non-hydrogen) atoms. The van der Waals surface area contributed by atoms with Crippen LogP contribution in [-0.4, -0.2) is 58.7 Å². The number of hydrogen-bond donors (Lipinski definition) is 1. The second-order valence-electron chi connectivity index (χ2n) is 5.43. The SMILES string of the molecule is O=C(CN1CCN(c2cccc(C(F)(F)F)n2)CC1)Nc1nncs1. The normalized spacial score (nSPS) is 16.0. The van der Waals surface area contributed by atoms with E-state index in [9.17, 15) is 18.0 Å². The van der Waals surface area contributed by atoms with Crippen LogP contribution < -0.4 is 10.2 Å². The van der Waals surface area contributed by atoms with Crippen molar-refractivity contribution in [2.45, 2.75) is 6.18 Å². The standard InChI is InChI=1S/C14H15F3N6OS/c15-14(16,17)10-2-1-3-11(19-10)23-6-4-22(5-7-23)8-12(24)20-13-21-18-9-25-13/h1-3,9H,4-8H2,(H,20,21,24). The molecule has 7 nitrogen and oxygen atoms in total. The zero-order valence-corrected chi connectivity index (χ0v) is 13.8. The number of aromatic nitrogens is 3. The molecule has 0 atom stereocenters. The van der Waals surface area contributed by atoms with Gasteiger partial charge in [-0.3, -0.25) is 15.0 Å². The van der Waals surface area contributed by atoms with Gasteiger partial charge in [-0.2, -0.15) is 13.2 Å². The average molecular weight is 372 g/mol. The van der Waals surface area contributed by atoms with Crippen molar-refractivity contribution in [2.75, 3.05) is 42.9 Å². The molecular weight excluding hydrogens is 357 g/mol. The second kappa shape index (κ2) is 7.31. The topological polar surface area (TPSA) is 74.2 Å². The van der Waals surface area contributed by atoms with Gasteiger partial charge in [0.1, 0.15) is 17.0 Å². The van der Waals surface area contributed by atoms with Crippen molar-refractivity contribution in [2.24, 2.45) is 0 Å². The highest BCUT2D eigenvalue weighted by Crippen LogP contribution is 2.29. The minimum absolute atomic E-state index is 0.192. The number of pyridine rings is 1. The number of piperazine rings is 1. The molecule has 0 aliphatic carbocycles. The van der Waals surface area contributed by atoms with E-state index >= 15 is 0 Å². The number of nitrogens with zero attached hydrogens (tertiary/aromatic N) is 5. The Hall–Kier alpha value is -2.27.